The van der Waals surface area contributed by atoms with E-state index in [-0.39, 0.29) is 24.8 Å². The van der Waals surface area contributed by atoms with Crippen LogP contribution in [0.25, 0.3) is 0 Å². The first-order chi connectivity index (χ1) is 14.4. The van der Waals surface area contributed by atoms with E-state index >= 15 is 0 Å². The van der Waals surface area contributed by atoms with E-state index in [0.29, 0.717) is 12.8 Å². The Bertz CT molecular complexity index is 697. The number of hydrogen-bond acceptors (Lipinski definition) is 6. The zero-order valence-electron chi connectivity index (χ0n) is 18.5. The highest BCUT2D eigenvalue weighted by Gasteiger charge is 2.39. The normalized spacial score (nSPS) is 19.9. The fourth-order valence-electron chi connectivity index (χ4n) is 3.42. The molecule has 176 valence electrons. The summed E-state index contributed by atoms with van der Waals surface area (Å²) < 4.78 is 0. The van der Waals surface area contributed by atoms with Crippen LogP contribution < -0.4 is 16.4 Å². The highest BCUT2D eigenvalue weighted by molar-refractivity contribution is 5.96. The molecule has 1 heterocycles. The number of carboxylic acid groups (broad SMARTS) is 2. The largest absolute Gasteiger partial charge is 0.481 e. The zero-order valence-corrected chi connectivity index (χ0v) is 18.5. The van der Waals surface area contributed by atoms with Gasteiger partial charge in [0.25, 0.3) is 0 Å². The summed E-state index contributed by atoms with van der Waals surface area (Å²) in [5.41, 5.74) is 5.92. The third-order valence-electron chi connectivity index (χ3n) is 5.62. The Balaban J connectivity index is 2.99. The van der Waals surface area contributed by atoms with Crippen LogP contribution in [0.5, 0.6) is 0 Å². The van der Waals surface area contributed by atoms with Crippen molar-refractivity contribution in [1.29, 1.82) is 0 Å². The van der Waals surface area contributed by atoms with Crippen LogP contribution in [0.1, 0.15) is 53.4 Å². The molecule has 0 aromatic heterocycles. The van der Waals surface area contributed by atoms with Crippen LogP contribution >= 0.6 is 0 Å². The second kappa shape index (κ2) is 11.6. The summed E-state index contributed by atoms with van der Waals surface area (Å²) in [7, 11) is 0. The summed E-state index contributed by atoms with van der Waals surface area (Å²) >= 11 is 0. The molecule has 0 bridgehead atoms. The van der Waals surface area contributed by atoms with Crippen molar-refractivity contribution in [2.24, 2.45) is 17.6 Å². The van der Waals surface area contributed by atoms with E-state index in [1.807, 2.05) is 13.8 Å². The first kappa shape index (κ1) is 26.3. The van der Waals surface area contributed by atoms with Crippen LogP contribution in [-0.4, -0.2) is 75.5 Å². The number of aliphatic carboxylic acids is 2. The van der Waals surface area contributed by atoms with E-state index < -0.39 is 60.2 Å². The van der Waals surface area contributed by atoms with Crippen LogP contribution in [0.3, 0.4) is 0 Å². The molecule has 1 rings (SSSR count). The molecule has 6 N–H and O–H groups in total. The van der Waals surface area contributed by atoms with Gasteiger partial charge in [-0.1, -0.05) is 34.1 Å². The molecule has 3 amide bonds. The molecule has 5 atom stereocenters. The number of carbonyl (C=O) groups excluding carboxylic acids is 3. The molecule has 11 nitrogen and oxygen atoms in total. The van der Waals surface area contributed by atoms with Crippen molar-refractivity contribution in [2.45, 2.75) is 77.5 Å². The molecule has 1 aliphatic heterocycles. The van der Waals surface area contributed by atoms with Gasteiger partial charge < -0.3 is 31.5 Å². The van der Waals surface area contributed by atoms with Crippen LogP contribution in [-0.2, 0) is 24.0 Å². The first-order valence-electron chi connectivity index (χ1n) is 10.5. The molecule has 31 heavy (non-hydrogen) atoms. The molecule has 0 aliphatic carbocycles. The Morgan fingerprint density at radius 2 is 1.68 bits per heavy atom. The third-order valence-corrected chi connectivity index (χ3v) is 5.62. The van der Waals surface area contributed by atoms with Crippen LogP contribution in [0.4, 0.5) is 0 Å². The fraction of sp³-hybridized carbons (Fsp3) is 0.750. The van der Waals surface area contributed by atoms with Crippen LogP contribution in [0.15, 0.2) is 0 Å². The number of rotatable bonds is 11. The van der Waals surface area contributed by atoms with Gasteiger partial charge >= 0.3 is 11.9 Å². The Labute approximate surface area is 181 Å². The van der Waals surface area contributed by atoms with Crippen molar-refractivity contribution >= 4 is 29.7 Å². The second-order valence-corrected chi connectivity index (χ2v) is 8.33. The maximum atomic E-state index is 12.9. The molecule has 11 heteroatoms. The van der Waals surface area contributed by atoms with Crippen molar-refractivity contribution in [3.05, 3.63) is 0 Å². The van der Waals surface area contributed by atoms with E-state index in [2.05, 4.69) is 10.6 Å². The maximum absolute atomic E-state index is 12.9. The molecule has 1 saturated heterocycles. The van der Waals surface area contributed by atoms with Crippen molar-refractivity contribution in [3.63, 3.8) is 0 Å². The van der Waals surface area contributed by atoms with Crippen molar-refractivity contribution in [2.75, 3.05) is 6.54 Å². The van der Waals surface area contributed by atoms with Gasteiger partial charge in [0.05, 0.1) is 12.5 Å². The second-order valence-electron chi connectivity index (χ2n) is 8.33. The monoisotopic (exact) mass is 442 g/mol. The summed E-state index contributed by atoms with van der Waals surface area (Å²) in [4.78, 5) is 61.9. The summed E-state index contributed by atoms with van der Waals surface area (Å²) in [6.07, 6.45) is 0.684. The molecular formula is C20H34N4O7. The Hall–Kier alpha value is -2.69. The Morgan fingerprint density at radius 1 is 1.06 bits per heavy atom. The number of nitrogens with zero attached hydrogens (tertiary/aromatic N) is 1. The highest BCUT2D eigenvalue weighted by atomic mass is 16.4. The Morgan fingerprint density at radius 3 is 2.16 bits per heavy atom. The third kappa shape index (κ3) is 7.20. The number of likely N-dealkylation sites (tertiary alicyclic amines) is 1. The van der Waals surface area contributed by atoms with Gasteiger partial charge in [-0.25, -0.2) is 4.79 Å². The van der Waals surface area contributed by atoms with E-state index in [4.69, 9.17) is 5.73 Å². The van der Waals surface area contributed by atoms with E-state index in [1.165, 1.54) is 0 Å². The van der Waals surface area contributed by atoms with E-state index in [9.17, 15) is 34.2 Å². The number of nitrogens with two attached hydrogens (primary N) is 1. The molecule has 0 radical (unpaired) electrons. The van der Waals surface area contributed by atoms with Gasteiger partial charge in [-0.2, -0.15) is 0 Å². The van der Waals surface area contributed by atoms with E-state index in [0.717, 1.165) is 4.90 Å². The van der Waals surface area contributed by atoms with Gasteiger partial charge in [-0.3, -0.25) is 19.2 Å². The van der Waals surface area contributed by atoms with Gasteiger partial charge in [0.15, 0.2) is 0 Å². The average Bonchev–Trinajstić information content (AvgIpc) is 3.18. The lowest BCUT2D eigenvalue weighted by molar-refractivity contribution is -0.150. The molecule has 5 unspecified atom stereocenters. The van der Waals surface area contributed by atoms with Crippen molar-refractivity contribution in [3.8, 4) is 0 Å². The van der Waals surface area contributed by atoms with Crippen molar-refractivity contribution in [1.82, 2.24) is 15.5 Å². The summed E-state index contributed by atoms with van der Waals surface area (Å²) in [6, 6.07) is -4.38. The topological polar surface area (TPSA) is 179 Å². The molecule has 0 aromatic rings. The maximum Gasteiger partial charge on any atom is 0.326 e. The smallest absolute Gasteiger partial charge is 0.326 e. The molecular weight excluding hydrogens is 408 g/mol. The SMILES string of the molecule is CCC(C)C(N)C(=O)NC(C(=O)NC(CC(=O)O)C(=O)N1CCCC1C(=O)O)C(C)C. The molecule has 1 fully saturated rings. The van der Waals surface area contributed by atoms with Gasteiger partial charge in [0.2, 0.25) is 17.7 Å². The number of carboxylic acids is 2. The summed E-state index contributed by atoms with van der Waals surface area (Å²) in [5, 5.41) is 23.5. The Kier molecular flexibility index (Phi) is 9.89. The zero-order chi connectivity index (χ0) is 23.9. The molecule has 0 saturated carbocycles. The molecule has 1 aliphatic rings. The number of hydrogen-bond donors (Lipinski definition) is 5. The van der Waals surface area contributed by atoms with Gasteiger partial charge in [-0.05, 0) is 24.7 Å². The number of amides is 3. The standard InChI is InChI=1S/C20H34N4O7/c1-5-11(4)15(21)17(27)23-16(10(2)3)18(28)22-12(9-14(25)26)19(29)24-8-6-7-13(24)20(30)31/h10-13,15-16H,5-9,21H2,1-4H3,(H,22,28)(H,23,27)(H,25,26)(H,30,31). The minimum atomic E-state index is -1.45. The quantitative estimate of drug-likeness (QED) is 0.285. The van der Waals surface area contributed by atoms with Crippen LogP contribution in [0.2, 0.25) is 0 Å². The van der Waals surface area contributed by atoms with Gasteiger partial charge in [-0.15, -0.1) is 0 Å². The van der Waals surface area contributed by atoms with E-state index in [1.54, 1.807) is 13.8 Å². The molecule has 0 aromatic carbocycles. The van der Waals surface area contributed by atoms with Crippen molar-refractivity contribution < 1.29 is 34.2 Å². The number of carbonyl (C=O) groups is 5. The summed E-state index contributed by atoms with van der Waals surface area (Å²) in [6.45, 7) is 7.23. The fourth-order valence-corrected chi connectivity index (χ4v) is 3.42. The molecule has 0 spiro atoms. The predicted octanol–water partition coefficient (Wildman–Crippen LogP) is -0.464. The van der Waals surface area contributed by atoms with Gasteiger partial charge in [0.1, 0.15) is 18.1 Å². The van der Waals surface area contributed by atoms with Crippen LogP contribution in [0, 0.1) is 11.8 Å². The van der Waals surface area contributed by atoms with Gasteiger partial charge in [0, 0.05) is 6.54 Å². The lowest BCUT2D eigenvalue weighted by Gasteiger charge is -2.29. The number of nitrogens with one attached hydrogen (secondary N) is 2. The lowest BCUT2D eigenvalue weighted by atomic mass is 9.97. The lowest BCUT2D eigenvalue weighted by Crippen LogP contribution is -2.59. The predicted molar refractivity (Wildman–Crippen MR) is 111 cm³/mol. The minimum absolute atomic E-state index is 0.111. The minimum Gasteiger partial charge on any atom is -0.481 e. The highest BCUT2D eigenvalue weighted by Crippen LogP contribution is 2.19. The first-order valence-corrected chi connectivity index (χ1v) is 10.5. The summed E-state index contributed by atoms with van der Waals surface area (Å²) in [5.74, 6) is -5.01. The average molecular weight is 443 g/mol.